The first-order valence-electron chi connectivity index (χ1n) is 27.0. The number of nitrogens with one attached hydrogen (secondary N) is 8. The van der Waals surface area contributed by atoms with Crippen LogP contribution >= 0.6 is 0 Å². The maximum Gasteiger partial charge on any atom is 0.325 e. The summed E-state index contributed by atoms with van der Waals surface area (Å²) in [6.45, 7) is 11.7. The summed E-state index contributed by atoms with van der Waals surface area (Å²) < 4.78 is 0. The van der Waals surface area contributed by atoms with Crippen LogP contribution in [0.5, 0.6) is 0 Å². The van der Waals surface area contributed by atoms with Gasteiger partial charge < -0.3 is 91.4 Å². The van der Waals surface area contributed by atoms with Gasteiger partial charge in [0, 0.05) is 25.9 Å². The molecule has 0 aromatic heterocycles. The van der Waals surface area contributed by atoms with E-state index in [4.69, 9.17) is 28.7 Å². The lowest BCUT2D eigenvalue weighted by molar-refractivity contribution is -0.143. The molecule has 462 valence electrons. The number of nitrogens with two attached hydrogens (primary N) is 5. The quantitative estimate of drug-likeness (QED) is 0.0156. The van der Waals surface area contributed by atoms with Gasteiger partial charge in [0.05, 0.1) is 18.9 Å². The summed E-state index contributed by atoms with van der Waals surface area (Å²) >= 11 is 0. The Bertz CT molecular complexity index is 2330. The molecule has 1 saturated heterocycles. The van der Waals surface area contributed by atoms with Crippen LogP contribution in [0.4, 0.5) is 0 Å². The average molecular weight is 1170 g/mol. The largest absolute Gasteiger partial charge is 0.481 e. The van der Waals surface area contributed by atoms with E-state index in [9.17, 15) is 82.4 Å². The Kier molecular flexibility index (Phi) is 31.1. The first-order chi connectivity index (χ1) is 38.2. The predicted octanol–water partition coefficient (Wildman–Crippen LogP) is -5.04. The summed E-state index contributed by atoms with van der Waals surface area (Å²) in [6.07, 6.45) is -3.34. The molecule has 1 rings (SSSR count). The summed E-state index contributed by atoms with van der Waals surface area (Å²) in [7, 11) is 0. The van der Waals surface area contributed by atoms with Crippen molar-refractivity contribution in [3.05, 3.63) is 0 Å². The summed E-state index contributed by atoms with van der Waals surface area (Å²) in [5.41, 5.74) is 27.5. The molecule has 0 aromatic rings. The fourth-order valence-electron chi connectivity index (χ4n) is 8.39. The molecular formula is C50H85N15O17. The maximum atomic E-state index is 14.1. The second kappa shape index (κ2) is 35.5. The summed E-state index contributed by atoms with van der Waals surface area (Å²) in [5, 5.41) is 47.5. The Hall–Kier alpha value is -8.19. The van der Waals surface area contributed by atoms with Crippen molar-refractivity contribution in [3.63, 3.8) is 0 Å². The number of hydrogen-bond acceptors (Lipinski definition) is 16. The van der Waals surface area contributed by atoms with Gasteiger partial charge in [0.15, 0.2) is 5.96 Å². The monoisotopic (exact) mass is 1170 g/mol. The van der Waals surface area contributed by atoms with Crippen molar-refractivity contribution in [2.75, 3.05) is 13.1 Å². The molecule has 0 spiro atoms. The SMILES string of the molecule is CC[C@H](C)[C@H](NC(=O)[C@@H]1CCCN1C(=O)[C@H](CC(C)C)NC(=O)[C@@H](N)CCCN=C(N)N)C(=O)N[C@@H](CC(=O)O)C(=O)N[C@@H](CCC(=O)O)C(=O)N[C@@H](CC(N)=O)C(=O)N[C@@H](CCC(N)=O)C(=O)N[C@@H](CC(C)C)C(=O)N[C@@H](C)C(=O)O. The minimum Gasteiger partial charge on any atom is -0.481 e. The highest BCUT2D eigenvalue weighted by molar-refractivity contribution is 6.00. The lowest BCUT2D eigenvalue weighted by Crippen LogP contribution is -2.61. The molecule has 11 atom stereocenters. The molecular weight excluding hydrogens is 1080 g/mol. The van der Waals surface area contributed by atoms with E-state index < -0.39 is 188 Å². The smallest absolute Gasteiger partial charge is 0.325 e. The number of aliphatic carboxylic acids is 3. The topological polar surface area (TPSA) is 542 Å². The van der Waals surface area contributed by atoms with E-state index in [0.29, 0.717) is 12.8 Å². The zero-order chi connectivity index (χ0) is 62.7. The third kappa shape index (κ3) is 26.4. The highest BCUT2D eigenvalue weighted by Gasteiger charge is 2.41. The van der Waals surface area contributed by atoms with Gasteiger partial charge in [0.2, 0.25) is 65.0 Å². The second-order valence-corrected chi connectivity index (χ2v) is 21.0. The number of carboxylic acid groups (broad SMARTS) is 3. The highest BCUT2D eigenvalue weighted by Crippen LogP contribution is 2.22. The van der Waals surface area contributed by atoms with Crippen LogP contribution in [-0.4, -0.2) is 183 Å². The molecule has 1 heterocycles. The molecule has 0 aliphatic carbocycles. The number of hydrogen-bond donors (Lipinski definition) is 16. The second-order valence-electron chi connectivity index (χ2n) is 21.0. The number of carbonyl (C=O) groups is 14. The predicted molar refractivity (Wildman–Crippen MR) is 291 cm³/mol. The zero-order valence-electron chi connectivity index (χ0n) is 47.5. The molecule has 0 unspecified atom stereocenters. The van der Waals surface area contributed by atoms with E-state index in [1.807, 2.05) is 13.8 Å². The van der Waals surface area contributed by atoms with Gasteiger partial charge >= 0.3 is 17.9 Å². The van der Waals surface area contributed by atoms with Crippen LogP contribution < -0.4 is 71.2 Å². The van der Waals surface area contributed by atoms with E-state index in [1.54, 1.807) is 27.7 Å². The number of amides is 11. The molecule has 1 fully saturated rings. The zero-order valence-corrected chi connectivity index (χ0v) is 47.5. The van der Waals surface area contributed by atoms with Crippen LogP contribution in [-0.2, 0) is 67.1 Å². The number of primary amides is 2. The molecule has 11 amide bonds. The summed E-state index contributed by atoms with van der Waals surface area (Å²) in [4.78, 5) is 189. The number of likely N-dealkylation sites (tertiary alicyclic amines) is 1. The third-order valence-electron chi connectivity index (χ3n) is 13.0. The van der Waals surface area contributed by atoms with Crippen molar-refractivity contribution in [1.29, 1.82) is 0 Å². The van der Waals surface area contributed by atoms with Crippen LogP contribution in [0, 0.1) is 17.8 Å². The minimum atomic E-state index is -2.03. The van der Waals surface area contributed by atoms with Crippen molar-refractivity contribution < 1.29 is 82.4 Å². The van der Waals surface area contributed by atoms with Crippen LogP contribution in [0.3, 0.4) is 0 Å². The lowest BCUT2D eigenvalue weighted by atomic mass is 9.97. The number of carbonyl (C=O) groups excluding carboxylic acids is 11. The Balaban J connectivity index is 3.50. The molecule has 32 heteroatoms. The van der Waals surface area contributed by atoms with E-state index in [0.717, 1.165) is 0 Å². The van der Waals surface area contributed by atoms with E-state index >= 15 is 0 Å². The molecule has 0 bridgehead atoms. The number of aliphatic imine (C=N–C) groups is 1. The van der Waals surface area contributed by atoms with Gasteiger partial charge in [-0.05, 0) is 76.0 Å². The number of nitrogens with zero attached hydrogens (tertiary/aromatic N) is 2. The van der Waals surface area contributed by atoms with E-state index in [2.05, 4.69) is 47.5 Å². The van der Waals surface area contributed by atoms with E-state index in [-0.39, 0.29) is 63.0 Å². The minimum absolute atomic E-state index is 0.0362. The lowest BCUT2D eigenvalue weighted by Gasteiger charge is -2.32. The van der Waals surface area contributed by atoms with Crippen LogP contribution in [0.25, 0.3) is 0 Å². The van der Waals surface area contributed by atoms with Crippen molar-refractivity contribution in [2.24, 2.45) is 51.4 Å². The maximum absolute atomic E-state index is 14.1. The van der Waals surface area contributed by atoms with Crippen molar-refractivity contribution in [2.45, 2.75) is 192 Å². The number of carboxylic acids is 3. The number of guanidine groups is 1. The van der Waals surface area contributed by atoms with Gasteiger partial charge in [-0.25, -0.2) is 0 Å². The number of rotatable bonds is 38. The fourth-order valence-corrected chi connectivity index (χ4v) is 8.39. The molecule has 21 N–H and O–H groups in total. The Morgan fingerprint density at radius 1 is 0.549 bits per heavy atom. The summed E-state index contributed by atoms with van der Waals surface area (Å²) in [5.74, 6) is -17.0. The van der Waals surface area contributed by atoms with E-state index in [1.165, 1.54) is 11.8 Å². The highest BCUT2D eigenvalue weighted by atomic mass is 16.4. The molecule has 32 nitrogen and oxygen atoms in total. The molecule has 1 aliphatic heterocycles. The van der Waals surface area contributed by atoms with Crippen LogP contribution in [0.1, 0.15) is 132 Å². The Morgan fingerprint density at radius 2 is 1.02 bits per heavy atom. The fraction of sp³-hybridized carbons (Fsp3) is 0.700. The normalized spacial score (nSPS) is 16.6. The van der Waals surface area contributed by atoms with Gasteiger partial charge in [-0.3, -0.25) is 72.1 Å². The Morgan fingerprint density at radius 3 is 1.51 bits per heavy atom. The summed E-state index contributed by atoms with van der Waals surface area (Å²) in [6, 6.07) is -15.2. The Labute approximate surface area is 474 Å². The van der Waals surface area contributed by atoms with Crippen LogP contribution in [0.15, 0.2) is 4.99 Å². The molecule has 82 heavy (non-hydrogen) atoms. The van der Waals surface area contributed by atoms with Gasteiger partial charge in [-0.2, -0.15) is 0 Å². The van der Waals surface area contributed by atoms with Crippen molar-refractivity contribution in [1.82, 2.24) is 47.4 Å². The molecule has 1 aliphatic rings. The molecule has 0 saturated carbocycles. The van der Waals surface area contributed by atoms with Crippen LogP contribution in [0.2, 0.25) is 0 Å². The first-order valence-corrected chi connectivity index (χ1v) is 27.0. The third-order valence-corrected chi connectivity index (χ3v) is 13.0. The molecule has 0 aromatic carbocycles. The first kappa shape index (κ1) is 71.8. The van der Waals surface area contributed by atoms with Gasteiger partial charge in [-0.1, -0.05) is 48.0 Å². The van der Waals surface area contributed by atoms with Crippen molar-refractivity contribution >= 4 is 88.8 Å². The van der Waals surface area contributed by atoms with Gasteiger partial charge in [0.1, 0.15) is 54.4 Å². The average Bonchev–Trinajstić information content (AvgIpc) is 3.95. The van der Waals surface area contributed by atoms with Gasteiger partial charge in [-0.15, -0.1) is 0 Å². The van der Waals surface area contributed by atoms with Gasteiger partial charge in [0.25, 0.3) is 0 Å². The molecule has 0 radical (unpaired) electrons. The standard InChI is InChI=1S/C50H85N15O17/c1-8-25(6)39(64-46(78)34-12-10-18-65(34)48(80)33(20-24(4)5)63-40(72)27(51)11-9-17-56-50(54)55)47(79)62-32(22-38(70)71)45(77)59-29(14-16-37(68)69)42(74)61-31(21-36(53)67)44(76)58-28(13-15-35(52)66)41(73)60-30(19-23(2)3)43(75)57-26(7)49(81)82/h23-34,39H,8-22,51H2,1-7H3,(H2,52,66)(H2,53,67)(H,57,75)(H,58,76)(H,59,77)(H,60,73)(H,61,74)(H,62,79)(H,63,72)(H,64,78)(H,68,69)(H,70,71)(H,81,82)(H4,54,55,56)/t25-,26-,27-,28-,29-,30-,31-,32-,33-,34-,39-/m0/s1. The van der Waals surface area contributed by atoms with Crippen molar-refractivity contribution in [3.8, 4) is 0 Å².